The Morgan fingerprint density at radius 3 is 2.41 bits per heavy atom. The Bertz CT molecular complexity index is 1260. The number of aromatic nitrogens is 1. The van der Waals surface area contributed by atoms with Gasteiger partial charge in [-0.05, 0) is 55.5 Å². The van der Waals surface area contributed by atoms with E-state index in [-0.39, 0.29) is 11.3 Å². The van der Waals surface area contributed by atoms with Gasteiger partial charge in [-0.15, -0.1) is 0 Å². The molecule has 0 bridgehead atoms. The number of aryl methyl sites for hydroxylation is 1. The maximum absolute atomic E-state index is 12.7. The van der Waals surface area contributed by atoms with Crippen LogP contribution in [0.5, 0.6) is 5.75 Å². The summed E-state index contributed by atoms with van der Waals surface area (Å²) in [6.07, 6.45) is -1.87. The van der Waals surface area contributed by atoms with Crippen LogP contribution in [-0.4, -0.2) is 25.5 Å². The molecule has 3 rings (SSSR count). The second-order valence-corrected chi connectivity index (χ2v) is 7.98. The molecule has 2 aromatic carbocycles. The first-order chi connectivity index (χ1) is 15.1. The van der Waals surface area contributed by atoms with Crippen molar-refractivity contribution in [3.8, 4) is 5.75 Å². The molecule has 32 heavy (non-hydrogen) atoms. The predicted molar refractivity (Wildman–Crippen MR) is 110 cm³/mol. The van der Waals surface area contributed by atoms with Gasteiger partial charge in [0.25, 0.3) is 5.91 Å². The lowest BCUT2D eigenvalue weighted by Crippen LogP contribution is -2.19. The van der Waals surface area contributed by atoms with Crippen molar-refractivity contribution in [2.45, 2.75) is 18.0 Å². The highest BCUT2D eigenvalue weighted by Crippen LogP contribution is 2.30. The third-order valence-electron chi connectivity index (χ3n) is 4.21. The molecule has 166 valence electrons. The minimum Gasteiger partial charge on any atom is -0.378 e. The average Bonchev–Trinajstić information content (AvgIpc) is 2.74. The van der Waals surface area contributed by atoms with Crippen molar-refractivity contribution in [1.82, 2.24) is 10.4 Å². The lowest BCUT2D eigenvalue weighted by molar-refractivity contribution is -0.137. The van der Waals surface area contributed by atoms with E-state index in [0.717, 1.165) is 12.1 Å². The van der Waals surface area contributed by atoms with Crippen LogP contribution < -0.4 is 9.61 Å². The second-order valence-electron chi connectivity index (χ2n) is 6.43. The van der Waals surface area contributed by atoms with E-state index in [1.54, 1.807) is 31.3 Å². The molecule has 1 amide bonds. The van der Waals surface area contributed by atoms with E-state index in [2.05, 4.69) is 15.5 Å². The molecule has 0 radical (unpaired) electrons. The van der Waals surface area contributed by atoms with Gasteiger partial charge in [0.2, 0.25) is 0 Å². The lowest BCUT2D eigenvalue weighted by atomic mass is 10.2. The predicted octanol–water partition coefficient (Wildman–Crippen LogP) is 3.94. The van der Waals surface area contributed by atoms with Crippen LogP contribution in [0.1, 0.15) is 27.2 Å². The highest BCUT2D eigenvalue weighted by molar-refractivity contribution is 7.87. The summed E-state index contributed by atoms with van der Waals surface area (Å²) < 4.78 is 68.2. The van der Waals surface area contributed by atoms with E-state index in [4.69, 9.17) is 4.18 Å². The minimum absolute atomic E-state index is 0.122. The van der Waals surface area contributed by atoms with Gasteiger partial charge in [-0.1, -0.05) is 12.1 Å². The van der Waals surface area contributed by atoms with Crippen molar-refractivity contribution in [3.05, 3.63) is 89.2 Å². The van der Waals surface area contributed by atoms with Crippen molar-refractivity contribution >= 4 is 22.2 Å². The zero-order valence-electron chi connectivity index (χ0n) is 16.5. The number of hydrazone groups is 1. The zero-order valence-corrected chi connectivity index (χ0v) is 17.3. The summed E-state index contributed by atoms with van der Waals surface area (Å²) in [5.41, 5.74) is 2.37. The molecule has 0 aliphatic heterocycles. The molecule has 0 saturated carbocycles. The molecular formula is C21H16F3N3O4S. The topological polar surface area (TPSA) is 97.7 Å². The van der Waals surface area contributed by atoms with Crippen molar-refractivity contribution < 1.29 is 30.6 Å². The molecule has 7 nitrogen and oxygen atoms in total. The van der Waals surface area contributed by atoms with Crippen LogP contribution in [0.3, 0.4) is 0 Å². The quantitative estimate of drug-likeness (QED) is 0.339. The normalized spacial score (nSPS) is 12.0. The number of benzene rings is 2. The number of amides is 1. The first kappa shape index (κ1) is 22.9. The Balaban J connectivity index is 1.77. The number of carbonyl (C=O) groups excluding carboxylic acids is 1. The van der Waals surface area contributed by atoms with Crippen LogP contribution in [0, 0.1) is 6.92 Å². The molecule has 0 aliphatic rings. The van der Waals surface area contributed by atoms with E-state index in [0.29, 0.717) is 23.4 Å². The van der Waals surface area contributed by atoms with Crippen molar-refractivity contribution in [2.24, 2.45) is 5.10 Å². The summed E-state index contributed by atoms with van der Waals surface area (Å²) in [7, 11) is -4.41. The molecule has 0 saturated heterocycles. The van der Waals surface area contributed by atoms with Gasteiger partial charge in [0.05, 0.1) is 23.0 Å². The molecule has 1 aromatic heterocycles. The van der Waals surface area contributed by atoms with Gasteiger partial charge in [-0.25, -0.2) is 5.43 Å². The summed E-state index contributed by atoms with van der Waals surface area (Å²) in [4.78, 5) is 15.7. The number of pyridine rings is 1. The number of hydrogen-bond acceptors (Lipinski definition) is 6. The molecule has 1 heterocycles. The first-order valence-corrected chi connectivity index (χ1v) is 10.4. The number of rotatable bonds is 6. The Morgan fingerprint density at radius 2 is 1.75 bits per heavy atom. The summed E-state index contributed by atoms with van der Waals surface area (Å²) in [5, 5.41) is 3.81. The van der Waals surface area contributed by atoms with Crippen LogP contribution in [0.4, 0.5) is 13.2 Å². The zero-order chi connectivity index (χ0) is 23.4. The largest absolute Gasteiger partial charge is 0.416 e. The SMILES string of the molecule is Cc1ncccc1C(=O)N/N=C/c1ccccc1OS(=O)(=O)c1ccc(C(F)(F)F)cc1. The van der Waals surface area contributed by atoms with Crippen molar-refractivity contribution in [2.75, 3.05) is 0 Å². The van der Waals surface area contributed by atoms with Gasteiger partial charge in [-0.3, -0.25) is 9.78 Å². The van der Waals surface area contributed by atoms with Gasteiger partial charge in [0, 0.05) is 11.8 Å². The number of nitrogens with one attached hydrogen (secondary N) is 1. The highest BCUT2D eigenvalue weighted by Gasteiger charge is 2.31. The molecule has 0 unspecified atom stereocenters. The maximum atomic E-state index is 12.7. The van der Waals surface area contributed by atoms with Crippen LogP contribution in [0.2, 0.25) is 0 Å². The molecule has 11 heteroatoms. The minimum atomic E-state index is -4.59. The number of alkyl halides is 3. The van der Waals surface area contributed by atoms with Gasteiger partial charge < -0.3 is 4.18 Å². The fourth-order valence-electron chi connectivity index (χ4n) is 2.58. The van der Waals surface area contributed by atoms with E-state index in [9.17, 15) is 26.4 Å². The summed E-state index contributed by atoms with van der Waals surface area (Å²) in [5.74, 6) is -0.634. The van der Waals surface area contributed by atoms with Crippen molar-refractivity contribution in [3.63, 3.8) is 0 Å². The fourth-order valence-corrected chi connectivity index (χ4v) is 3.54. The van der Waals surface area contributed by atoms with Crippen LogP contribution in [0.15, 0.2) is 76.9 Å². The van der Waals surface area contributed by atoms with Gasteiger partial charge in [-0.2, -0.15) is 26.7 Å². The monoisotopic (exact) mass is 463 g/mol. The van der Waals surface area contributed by atoms with E-state index in [1.807, 2.05) is 0 Å². The van der Waals surface area contributed by atoms with Crippen LogP contribution in [-0.2, 0) is 16.3 Å². The van der Waals surface area contributed by atoms with E-state index < -0.39 is 32.7 Å². The number of nitrogens with zero attached hydrogens (tertiary/aromatic N) is 2. The van der Waals surface area contributed by atoms with Crippen LogP contribution in [0.25, 0.3) is 0 Å². The number of carbonyl (C=O) groups is 1. The summed E-state index contributed by atoms with van der Waals surface area (Å²) in [6, 6.07) is 12.0. The third-order valence-corrected chi connectivity index (χ3v) is 5.46. The maximum Gasteiger partial charge on any atom is 0.416 e. The molecule has 0 spiro atoms. The van der Waals surface area contributed by atoms with Gasteiger partial charge in [0.1, 0.15) is 4.90 Å². The summed E-state index contributed by atoms with van der Waals surface area (Å²) in [6.45, 7) is 1.66. The van der Waals surface area contributed by atoms with E-state index in [1.165, 1.54) is 24.4 Å². The van der Waals surface area contributed by atoms with Crippen LogP contribution >= 0.6 is 0 Å². The molecule has 0 atom stereocenters. The van der Waals surface area contributed by atoms with Gasteiger partial charge in [0.15, 0.2) is 5.75 Å². The summed E-state index contributed by atoms with van der Waals surface area (Å²) >= 11 is 0. The number of para-hydroxylation sites is 1. The lowest BCUT2D eigenvalue weighted by Gasteiger charge is -2.11. The molecule has 0 aliphatic carbocycles. The van der Waals surface area contributed by atoms with E-state index >= 15 is 0 Å². The second kappa shape index (κ2) is 9.18. The Kier molecular flexibility index (Phi) is 6.58. The number of halogens is 3. The molecule has 3 aromatic rings. The Labute approximate surface area is 181 Å². The first-order valence-electron chi connectivity index (χ1n) is 9.04. The Morgan fingerprint density at radius 1 is 1.06 bits per heavy atom. The third kappa shape index (κ3) is 5.49. The highest BCUT2D eigenvalue weighted by atomic mass is 32.2. The Hall–Kier alpha value is -3.73. The number of hydrogen-bond donors (Lipinski definition) is 1. The van der Waals surface area contributed by atoms with Gasteiger partial charge >= 0.3 is 16.3 Å². The van der Waals surface area contributed by atoms with Crippen molar-refractivity contribution in [1.29, 1.82) is 0 Å². The average molecular weight is 463 g/mol. The molecule has 1 N–H and O–H groups in total. The standard InChI is InChI=1S/C21H16F3N3O4S/c1-14-18(6-4-12-25-14)20(28)27-26-13-15-5-2-3-7-19(15)31-32(29,30)17-10-8-16(9-11-17)21(22,23)24/h2-13H,1H3,(H,27,28)/b26-13+. The fraction of sp³-hybridized carbons (Fsp3) is 0.0952. The molecule has 0 fully saturated rings. The smallest absolute Gasteiger partial charge is 0.378 e. The molecular weight excluding hydrogens is 447 g/mol.